The second-order valence-electron chi connectivity index (χ2n) is 6.96. The molecule has 0 atom stereocenters. The zero-order chi connectivity index (χ0) is 21.0. The van der Waals surface area contributed by atoms with E-state index in [4.69, 9.17) is 9.47 Å². The van der Waals surface area contributed by atoms with Crippen molar-refractivity contribution in [3.63, 3.8) is 0 Å². The molecule has 1 aliphatic rings. The number of fused-ring (bicyclic) bond motifs is 1. The molecule has 8 nitrogen and oxygen atoms in total. The maximum Gasteiger partial charge on any atom is 0.337 e. The Morgan fingerprint density at radius 1 is 0.897 bits per heavy atom. The van der Waals surface area contributed by atoms with Gasteiger partial charge in [0, 0.05) is 17.4 Å². The van der Waals surface area contributed by atoms with Gasteiger partial charge in [0.25, 0.3) is 0 Å². The molecule has 3 rings (SSSR count). The number of anilines is 2. The third-order valence-electron chi connectivity index (χ3n) is 4.48. The van der Waals surface area contributed by atoms with Crippen LogP contribution in [0.5, 0.6) is 11.5 Å². The highest BCUT2D eigenvalue weighted by molar-refractivity contribution is 6.14. The summed E-state index contributed by atoms with van der Waals surface area (Å²) in [6, 6.07) is 11.3. The fourth-order valence-corrected chi connectivity index (χ4v) is 2.64. The molecule has 2 amide bonds. The van der Waals surface area contributed by atoms with Crippen molar-refractivity contribution in [1.29, 1.82) is 0 Å². The first-order valence-corrected chi connectivity index (χ1v) is 9.02. The maximum atomic E-state index is 12.7. The molecule has 2 aromatic carbocycles. The third-order valence-corrected chi connectivity index (χ3v) is 4.48. The van der Waals surface area contributed by atoms with E-state index in [1.807, 2.05) is 0 Å². The van der Waals surface area contributed by atoms with E-state index in [9.17, 15) is 14.4 Å². The lowest BCUT2D eigenvalue weighted by molar-refractivity contribution is -0.135. The van der Waals surface area contributed by atoms with Crippen molar-refractivity contribution >= 4 is 29.2 Å². The average Bonchev–Trinajstić information content (AvgIpc) is 2.73. The Morgan fingerprint density at radius 2 is 1.52 bits per heavy atom. The van der Waals surface area contributed by atoms with Crippen LogP contribution in [0.3, 0.4) is 0 Å². The molecule has 0 aliphatic carbocycles. The fraction of sp³-hybridized carbons (Fsp3) is 0.286. The molecule has 0 saturated carbocycles. The molecular formula is C21H22N2O6. The molecule has 1 aliphatic heterocycles. The summed E-state index contributed by atoms with van der Waals surface area (Å²) in [5.74, 6) is -0.380. The molecule has 0 radical (unpaired) electrons. The lowest BCUT2D eigenvalue weighted by Gasteiger charge is -2.24. The standard InChI is InChI=1S/C21H22N2O6/c1-21(2,19(25)22-14-6-4-5-13(11-14)18(24)27-3)20(26)23-15-7-8-16-17(12-15)29-10-9-28-16/h4-8,11-12H,9-10H2,1-3H3,(H,22,25)(H,23,26). The molecular weight excluding hydrogens is 376 g/mol. The quantitative estimate of drug-likeness (QED) is 0.593. The van der Waals surface area contributed by atoms with Crippen molar-refractivity contribution in [2.45, 2.75) is 13.8 Å². The van der Waals surface area contributed by atoms with Crippen LogP contribution in [-0.2, 0) is 14.3 Å². The highest BCUT2D eigenvalue weighted by Gasteiger charge is 2.36. The average molecular weight is 398 g/mol. The molecule has 0 fully saturated rings. The van der Waals surface area contributed by atoms with Gasteiger partial charge >= 0.3 is 5.97 Å². The van der Waals surface area contributed by atoms with Gasteiger partial charge in [0.05, 0.1) is 12.7 Å². The van der Waals surface area contributed by atoms with Crippen LogP contribution in [0.15, 0.2) is 42.5 Å². The van der Waals surface area contributed by atoms with Crippen LogP contribution in [0.1, 0.15) is 24.2 Å². The first-order chi connectivity index (χ1) is 13.8. The van der Waals surface area contributed by atoms with Gasteiger partial charge in [-0.25, -0.2) is 4.79 Å². The third kappa shape index (κ3) is 4.48. The summed E-state index contributed by atoms with van der Waals surface area (Å²) < 4.78 is 15.6. The number of nitrogens with one attached hydrogen (secondary N) is 2. The monoisotopic (exact) mass is 398 g/mol. The minimum absolute atomic E-state index is 0.295. The number of rotatable bonds is 5. The van der Waals surface area contributed by atoms with Gasteiger partial charge in [0.2, 0.25) is 11.8 Å². The van der Waals surface area contributed by atoms with E-state index in [2.05, 4.69) is 15.4 Å². The van der Waals surface area contributed by atoms with Crippen molar-refractivity contribution < 1.29 is 28.6 Å². The first kappa shape index (κ1) is 20.2. The number of amides is 2. The summed E-state index contributed by atoms with van der Waals surface area (Å²) >= 11 is 0. The van der Waals surface area contributed by atoms with E-state index in [-0.39, 0.29) is 0 Å². The summed E-state index contributed by atoms with van der Waals surface area (Å²) in [4.78, 5) is 37.1. The van der Waals surface area contributed by atoms with E-state index in [1.165, 1.54) is 27.0 Å². The molecule has 29 heavy (non-hydrogen) atoms. The Hall–Kier alpha value is -3.55. The Labute approximate surface area is 168 Å². The number of hydrogen-bond acceptors (Lipinski definition) is 6. The van der Waals surface area contributed by atoms with Gasteiger partial charge in [-0.2, -0.15) is 0 Å². The van der Waals surface area contributed by atoms with Gasteiger partial charge in [-0.3, -0.25) is 9.59 Å². The van der Waals surface area contributed by atoms with Gasteiger partial charge in [-0.1, -0.05) is 6.07 Å². The number of benzene rings is 2. The number of hydrogen-bond donors (Lipinski definition) is 2. The van der Waals surface area contributed by atoms with E-state index >= 15 is 0 Å². The molecule has 2 aromatic rings. The van der Waals surface area contributed by atoms with Gasteiger partial charge in [0.15, 0.2) is 11.5 Å². The van der Waals surface area contributed by atoms with Crippen LogP contribution >= 0.6 is 0 Å². The summed E-state index contributed by atoms with van der Waals surface area (Å²) in [5.41, 5.74) is -0.205. The number of carbonyl (C=O) groups excluding carboxylic acids is 3. The highest BCUT2D eigenvalue weighted by Crippen LogP contribution is 2.33. The molecule has 0 saturated heterocycles. The Morgan fingerprint density at radius 3 is 2.17 bits per heavy atom. The van der Waals surface area contributed by atoms with Crippen molar-refractivity contribution in [3.05, 3.63) is 48.0 Å². The predicted molar refractivity (Wildman–Crippen MR) is 106 cm³/mol. The van der Waals surface area contributed by atoms with Crippen LogP contribution in [0.25, 0.3) is 0 Å². The van der Waals surface area contributed by atoms with Crippen LogP contribution in [0.2, 0.25) is 0 Å². The Balaban J connectivity index is 1.70. The summed E-state index contributed by atoms with van der Waals surface area (Å²) in [6.07, 6.45) is 0. The molecule has 0 unspecified atom stereocenters. The van der Waals surface area contributed by atoms with Crippen molar-refractivity contribution in [1.82, 2.24) is 0 Å². The van der Waals surface area contributed by atoms with Crippen LogP contribution in [0, 0.1) is 5.41 Å². The van der Waals surface area contributed by atoms with Gasteiger partial charge in [-0.15, -0.1) is 0 Å². The zero-order valence-corrected chi connectivity index (χ0v) is 16.4. The second kappa shape index (κ2) is 8.22. The van der Waals surface area contributed by atoms with E-state index in [1.54, 1.807) is 36.4 Å². The molecule has 1 heterocycles. The van der Waals surface area contributed by atoms with Crippen molar-refractivity contribution in [2.75, 3.05) is 31.0 Å². The minimum Gasteiger partial charge on any atom is -0.486 e. The molecule has 0 aromatic heterocycles. The summed E-state index contributed by atoms with van der Waals surface area (Å²) in [7, 11) is 1.28. The van der Waals surface area contributed by atoms with E-state index < -0.39 is 23.2 Å². The molecule has 152 valence electrons. The lowest BCUT2D eigenvalue weighted by atomic mass is 9.90. The largest absolute Gasteiger partial charge is 0.486 e. The highest BCUT2D eigenvalue weighted by atomic mass is 16.6. The number of carbonyl (C=O) groups is 3. The number of ether oxygens (including phenoxy) is 3. The van der Waals surface area contributed by atoms with Gasteiger partial charge < -0.3 is 24.8 Å². The lowest BCUT2D eigenvalue weighted by Crippen LogP contribution is -2.41. The molecule has 0 bridgehead atoms. The van der Waals surface area contributed by atoms with Crippen molar-refractivity contribution in [3.8, 4) is 11.5 Å². The predicted octanol–water partition coefficient (Wildman–Crippen LogP) is 2.85. The van der Waals surface area contributed by atoms with Crippen LogP contribution in [0.4, 0.5) is 11.4 Å². The Kier molecular flexibility index (Phi) is 5.72. The molecule has 8 heteroatoms. The first-order valence-electron chi connectivity index (χ1n) is 9.02. The summed E-state index contributed by atoms with van der Waals surface area (Å²) in [5, 5.41) is 5.39. The van der Waals surface area contributed by atoms with Crippen LogP contribution in [-0.4, -0.2) is 38.1 Å². The maximum absolute atomic E-state index is 12.7. The molecule has 2 N–H and O–H groups in total. The smallest absolute Gasteiger partial charge is 0.337 e. The SMILES string of the molecule is COC(=O)c1cccc(NC(=O)C(C)(C)C(=O)Nc2ccc3c(c2)OCCO3)c1. The Bertz CT molecular complexity index is 954. The van der Waals surface area contributed by atoms with Gasteiger partial charge in [0.1, 0.15) is 18.6 Å². The molecule has 0 spiro atoms. The minimum atomic E-state index is -1.38. The van der Waals surface area contributed by atoms with Gasteiger partial charge in [-0.05, 0) is 44.2 Å². The number of methoxy groups -OCH3 is 1. The fourth-order valence-electron chi connectivity index (χ4n) is 2.64. The van der Waals surface area contributed by atoms with E-state index in [0.717, 1.165) is 0 Å². The van der Waals surface area contributed by atoms with E-state index in [0.29, 0.717) is 41.7 Å². The number of esters is 1. The van der Waals surface area contributed by atoms with Crippen LogP contribution < -0.4 is 20.1 Å². The zero-order valence-electron chi connectivity index (χ0n) is 16.4. The summed E-state index contributed by atoms with van der Waals surface area (Å²) in [6.45, 7) is 3.94. The van der Waals surface area contributed by atoms with Crippen molar-refractivity contribution in [2.24, 2.45) is 5.41 Å². The normalized spacial score (nSPS) is 12.7. The second-order valence-corrected chi connectivity index (χ2v) is 6.96. The topological polar surface area (TPSA) is 103 Å².